The van der Waals surface area contributed by atoms with E-state index in [2.05, 4.69) is 30.6 Å². The van der Waals surface area contributed by atoms with Crippen molar-refractivity contribution in [3.8, 4) is 5.69 Å². The first-order chi connectivity index (χ1) is 16.5. The van der Waals surface area contributed by atoms with Gasteiger partial charge in [-0.05, 0) is 42.0 Å². The van der Waals surface area contributed by atoms with Gasteiger partial charge in [0, 0.05) is 18.4 Å². The number of halogens is 3. The molecule has 170 valence electrons. The number of benzene rings is 2. The van der Waals surface area contributed by atoms with E-state index in [1.54, 1.807) is 30.7 Å². The number of aromatic nitrogens is 5. The molecule has 0 fully saturated rings. The van der Waals surface area contributed by atoms with Gasteiger partial charge in [0.15, 0.2) is 17.0 Å². The molecule has 2 N–H and O–H groups in total. The Morgan fingerprint density at radius 2 is 1.68 bits per heavy atom. The van der Waals surface area contributed by atoms with E-state index in [0.717, 1.165) is 17.8 Å². The molecule has 0 radical (unpaired) electrons. The van der Waals surface area contributed by atoms with Gasteiger partial charge in [-0.1, -0.05) is 36.4 Å². The van der Waals surface area contributed by atoms with E-state index in [4.69, 9.17) is 0 Å². The predicted molar refractivity (Wildman–Crippen MR) is 123 cm³/mol. The van der Waals surface area contributed by atoms with Crippen molar-refractivity contribution in [1.29, 1.82) is 0 Å². The molecule has 34 heavy (non-hydrogen) atoms. The molecule has 5 rings (SSSR count). The molecule has 0 aliphatic carbocycles. The molecule has 0 aliphatic rings. The third-order valence-electron chi connectivity index (χ3n) is 5.05. The molecule has 3 aromatic heterocycles. The lowest BCUT2D eigenvalue weighted by atomic mass is 10.1. The fraction of sp³-hybridized carbons (Fsp3) is 0.0833. The zero-order chi connectivity index (χ0) is 23.5. The summed E-state index contributed by atoms with van der Waals surface area (Å²) >= 11 is 0. The molecular formula is C24H18F3N7. The number of anilines is 3. The van der Waals surface area contributed by atoms with Crippen LogP contribution < -0.4 is 10.6 Å². The van der Waals surface area contributed by atoms with Gasteiger partial charge in [-0.15, -0.1) is 0 Å². The maximum Gasteiger partial charge on any atom is 0.416 e. The van der Waals surface area contributed by atoms with Crippen molar-refractivity contribution in [2.24, 2.45) is 0 Å². The third-order valence-corrected chi connectivity index (χ3v) is 5.05. The topological polar surface area (TPSA) is 80.6 Å². The van der Waals surface area contributed by atoms with Crippen molar-refractivity contribution in [1.82, 2.24) is 24.5 Å². The lowest BCUT2D eigenvalue weighted by Gasteiger charge is -2.12. The van der Waals surface area contributed by atoms with Gasteiger partial charge < -0.3 is 10.6 Å². The first kappa shape index (κ1) is 21.4. The Bertz CT molecular complexity index is 1420. The van der Waals surface area contributed by atoms with Crippen LogP contribution in [-0.4, -0.2) is 24.5 Å². The third kappa shape index (κ3) is 4.51. The van der Waals surface area contributed by atoms with Crippen LogP contribution in [0.5, 0.6) is 0 Å². The molecular weight excluding hydrogens is 443 g/mol. The van der Waals surface area contributed by atoms with Crippen LogP contribution in [0.3, 0.4) is 0 Å². The summed E-state index contributed by atoms with van der Waals surface area (Å²) in [5, 5.41) is 6.19. The van der Waals surface area contributed by atoms with Crippen LogP contribution in [0, 0.1) is 0 Å². The minimum atomic E-state index is -4.41. The van der Waals surface area contributed by atoms with E-state index in [9.17, 15) is 13.2 Å². The van der Waals surface area contributed by atoms with Crippen molar-refractivity contribution >= 4 is 28.7 Å². The molecule has 2 aromatic carbocycles. The Labute approximate surface area is 192 Å². The molecule has 0 unspecified atom stereocenters. The summed E-state index contributed by atoms with van der Waals surface area (Å²) in [6.45, 7) is 0.122. The second-order valence-electron chi connectivity index (χ2n) is 7.41. The standard InChI is InChI=1S/C24H18F3N7/c25-24(26,27)17-8-6-7-16(13-17)14-29-21-20-22(34(15-30-20)18-9-2-1-3-10-18)33-23(32-21)31-19-11-4-5-12-28-19/h1-13,15H,14H2,(H2,28,29,31,32,33). The van der Waals surface area contributed by atoms with Gasteiger partial charge in [0.05, 0.1) is 5.56 Å². The average molecular weight is 461 g/mol. The number of imidazole rings is 1. The van der Waals surface area contributed by atoms with Crippen LogP contribution in [0.4, 0.5) is 30.8 Å². The number of nitrogens with zero attached hydrogens (tertiary/aromatic N) is 5. The smallest absolute Gasteiger partial charge is 0.364 e. The largest absolute Gasteiger partial charge is 0.416 e. The summed E-state index contributed by atoms with van der Waals surface area (Å²) in [6, 6.07) is 20.1. The Kier molecular flexibility index (Phi) is 5.54. The monoisotopic (exact) mass is 461 g/mol. The molecule has 0 saturated carbocycles. The highest BCUT2D eigenvalue weighted by Crippen LogP contribution is 2.30. The Morgan fingerprint density at radius 1 is 0.853 bits per heavy atom. The second kappa shape index (κ2) is 8.81. The summed E-state index contributed by atoms with van der Waals surface area (Å²) in [7, 11) is 0. The van der Waals surface area contributed by atoms with Crippen molar-refractivity contribution < 1.29 is 13.2 Å². The minimum absolute atomic E-state index is 0.122. The molecule has 0 amide bonds. The highest BCUT2D eigenvalue weighted by atomic mass is 19.4. The van der Waals surface area contributed by atoms with Gasteiger partial charge >= 0.3 is 6.18 Å². The molecule has 0 saturated heterocycles. The van der Waals surface area contributed by atoms with Crippen LogP contribution in [0.25, 0.3) is 16.9 Å². The van der Waals surface area contributed by atoms with Crippen LogP contribution in [-0.2, 0) is 12.7 Å². The van der Waals surface area contributed by atoms with Crippen molar-refractivity contribution in [2.75, 3.05) is 10.6 Å². The SMILES string of the molecule is FC(F)(F)c1cccc(CNc2nc(Nc3ccccn3)nc3c2ncn3-c2ccccc2)c1. The molecule has 0 aliphatic heterocycles. The second-order valence-corrected chi connectivity index (χ2v) is 7.41. The van der Waals surface area contributed by atoms with E-state index < -0.39 is 11.7 Å². The Morgan fingerprint density at radius 3 is 2.44 bits per heavy atom. The summed E-state index contributed by atoms with van der Waals surface area (Å²) in [4.78, 5) is 17.8. The van der Waals surface area contributed by atoms with Gasteiger partial charge in [-0.25, -0.2) is 9.97 Å². The average Bonchev–Trinajstić information content (AvgIpc) is 3.27. The lowest BCUT2D eigenvalue weighted by molar-refractivity contribution is -0.137. The van der Waals surface area contributed by atoms with Crippen LogP contribution >= 0.6 is 0 Å². The highest BCUT2D eigenvalue weighted by Gasteiger charge is 2.30. The Hall–Kier alpha value is -4.47. The maximum atomic E-state index is 13.1. The number of hydrogen-bond donors (Lipinski definition) is 2. The van der Waals surface area contributed by atoms with Crippen molar-refractivity contribution in [3.05, 3.63) is 96.4 Å². The normalized spacial score (nSPS) is 11.5. The van der Waals surface area contributed by atoms with E-state index in [1.165, 1.54) is 6.07 Å². The van der Waals surface area contributed by atoms with Gasteiger partial charge in [0.2, 0.25) is 5.95 Å². The molecule has 3 heterocycles. The van der Waals surface area contributed by atoms with Crippen LogP contribution in [0.1, 0.15) is 11.1 Å². The number of hydrogen-bond acceptors (Lipinski definition) is 6. The minimum Gasteiger partial charge on any atom is -0.364 e. The fourth-order valence-electron chi connectivity index (χ4n) is 3.45. The van der Waals surface area contributed by atoms with E-state index in [-0.39, 0.29) is 12.5 Å². The van der Waals surface area contributed by atoms with Crippen molar-refractivity contribution in [2.45, 2.75) is 12.7 Å². The number of nitrogens with one attached hydrogen (secondary N) is 2. The zero-order valence-corrected chi connectivity index (χ0v) is 17.7. The predicted octanol–water partition coefficient (Wildman–Crippen LogP) is 5.59. The number of alkyl halides is 3. The summed E-state index contributed by atoms with van der Waals surface area (Å²) in [6.07, 6.45) is -1.14. The number of fused-ring (bicyclic) bond motifs is 1. The Balaban J connectivity index is 1.53. The fourth-order valence-corrected chi connectivity index (χ4v) is 3.45. The summed E-state index contributed by atoms with van der Waals surface area (Å²) < 4.78 is 41.1. The first-order valence-corrected chi connectivity index (χ1v) is 10.4. The lowest BCUT2D eigenvalue weighted by Crippen LogP contribution is -2.09. The quantitative estimate of drug-likeness (QED) is 0.343. The van der Waals surface area contributed by atoms with Gasteiger partial charge in [-0.2, -0.15) is 23.1 Å². The zero-order valence-electron chi connectivity index (χ0n) is 17.7. The molecule has 0 atom stereocenters. The van der Waals surface area contributed by atoms with Gasteiger partial charge in [0.25, 0.3) is 0 Å². The van der Waals surface area contributed by atoms with E-state index in [1.807, 2.05) is 41.0 Å². The molecule has 10 heteroatoms. The molecule has 0 bridgehead atoms. The van der Waals surface area contributed by atoms with E-state index in [0.29, 0.717) is 28.4 Å². The first-order valence-electron chi connectivity index (χ1n) is 10.4. The summed E-state index contributed by atoms with van der Waals surface area (Å²) in [5.41, 5.74) is 1.64. The van der Waals surface area contributed by atoms with Crippen LogP contribution in [0.2, 0.25) is 0 Å². The van der Waals surface area contributed by atoms with Gasteiger partial charge in [0.1, 0.15) is 12.1 Å². The van der Waals surface area contributed by atoms with Crippen molar-refractivity contribution in [3.63, 3.8) is 0 Å². The maximum absolute atomic E-state index is 13.1. The highest BCUT2D eigenvalue weighted by molar-refractivity contribution is 5.85. The number of pyridine rings is 1. The molecule has 0 spiro atoms. The van der Waals surface area contributed by atoms with E-state index >= 15 is 0 Å². The van der Waals surface area contributed by atoms with Gasteiger partial charge in [-0.3, -0.25) is 4.57 Å². The van der Waals surface area contributed by atoms with Crippen LogP contribution in [0.15, 0.2) is 85.3 Å². The molecule has 5 aromatic rings. The molecule has 7 nitrogen and oxygen atoms in total. The summed E-state index contributed by atoms with van der Waals surface area (Å²) in [5.74, 6) is 1.21. The number of rotatable bonds is 6. The number of para-hydroxylation sites is 1.